The van der Waals surface area contributed by atoms with Crippen LogP contribution in [0.4, 0.5) is 4.79 Å². The van der Waals surface area contributed by atoms with Crippen LogP contribution in [-0.2, 0) is 6.54 Å². The van der Waals surface area contributed by atoms with Gasteiger partial charge < -0.3 is 10.1 Å². The second-order valence-corrected chi connectivity index (χ2v) is 8.36. The summed E-state index contributed by atoms with van der Waals surface area (Å²) in [6.45, 7) is 2.30. The highest BCUT2D eigenvalue weighted by Crippen LogP contribution is 2.31. The van der Waals surface area contributed by atoms with Crippen LogP contribution in [0.3, 0.4) is 0 Å². The number of hydrogen-bond donors (Lipinski definition) is 2. The molecule has 3 aromatic rings. The van der Waals surface area contributed by atoms with Crippen molar-refractivity contribution >= 4 is 16.9 Å². The normalized spacial score (nSPS) is 20.7. The van der Waals surface area contributed by atoms with Gasteiger partial charge in [-0.3, -0.25) is 14.6 Å². The standard InChI is InChI=1S/C24H22N4O3/c25-11-17-2-1-3-20-21(17)10-22(26-23(20)29)16-6-4-15(5-7-16)12-27-13-18-8-9-19(14-27)28(18)24(30)31/h1-7,10,18-19H,8-9,12-14H2,(H,26,29)(H,30,31). The third-order valence-corrected chi connectivity index (χ3v) is 6.46. The lowest BCUT2D eigenvalue weighted by atomic mass is 10.0. The molecule has 1 amide bonds. The molecule has 1 aromatic heterocycles. The summed E-state index contributed by atoms with van der Waals surface area (Å²) in [6.07, 6.45) is 1.07. The second-order valence-electron chi connectivity index (χ2n) is 8.36. The van der Waals surface area contributed by atoms with Gasteiger partial charge in [-0.15, -0.1) is 0 Å². The molecule has 31 heavy (non-hydrogen) atoms. The summed E-state index contributed by atoms with van der Waals surface area (Å²) < 4.78 is 0. The second kappa shape index (κ2) is 7.56. The summed E-state index contributed by atoms with van der Waals surface area (Å²) in [5.41, 5.74) is 2.98. The van der Waals surface area contributed by atoms with Gasteiger partial charge in [0.2, 0.25) is 0 Å². The van der Waals surface area contributed by atoms with Crippen molar-refractivity contribution < 1.29 is 9.90 Å². The van der Waals surface area contributed by atoms with Gasteiger partial charge in [0.25, 0.3) is 5.56 Å². The van der Waals surface area contributed by atoms with Gasteiger partial charge in [0, 0.05) is 48.2 Å². The highest BCUT2D eigenvalue weighted by molar-refractivity contribution is 5.89. The number of benzene rings is 2. The monoisotopic (exact) mass is 414 g/mol. The number of aromatic nitrogens is 1. The zero-order valence-corrected chi connectivity index (χ0v) is 16.9. The number of amides is 1. The molecule has 2 bridgehead atoms. The molecule has 2 atom stereocenters. The predicted molar refractivity (Wildman–Crippen MR) is 117 cm³/mol. The first-order chi connectivity index (χ1) is 15.0. The fourth-order valence-electron chi connectivity index (χ4n) is 5.02. The Morgan fingerprint density at radius 3 is 2.45 bits per heavy atom. The molecule has 0 spiro atoms. The summed E-state index contributed by atoms with van der Waals surface area (Å²) in [7, 11) is 0. The maximum atomic E-state index is 12.5. The quantitative estimate of drug-likeness (QED) is 0.684. The highest BCUT2D eigenvalue weighted by atomic mass is 16.4. The minimum absolute atomic E-state index is 0.0903. The molecule has 2 saturated heterocycles. The van der Waals surface area contributed by atoms with Gasteiger partial charge in [0.15, 0.2) is 0 Å². The van der Waals surface area contributed by atoms with Gasteiger partial charge in [-0.2, -0.15) is 5.26 Å². The smallest absolute Gasteiger partial charge is 0.407 e. The molecule has 0 radical (unpaired) electrons. The Kier molecular flexibility index (Phi) is 4.72. The first kappa shape index (κ1) is 19.3. The fourth-order valence-corrected chi connectivity index (χ4v) is 5.02. The Balaban J connectivity index is 1.36. The molecule has 156 valence electrons. The van der Waals surface area contributed by atoms with Gasteiger partial charge in [-0.1, -0.05) is 30.3 Å². The number of H-pyrrole nitrogens is 1. The van der Waals surface area contributed by atoms with E-state index in [4.69, 9.17) is 0 Å². The number of rotatable bonds is 3. The number of likely N-dealkylation sites (tertiary alicyclic amines) is 1. The third-order valence-electron chi connectivity index (χ3n) is 6.46. The van der Waals surface area contributed by atoms with Crippen molar-refractivity contribution in [2.45, 2.75) is 31.5 Å². The van der Waals surface area contributed by atoms with Crippen molar-refractivity contribution in [2.24, 2.45) is 0 Å². The Labute approximate surface area is 179 Å². The van der Waals surface area contributed by atoms with Crippen LogP contribution in [0.15, 0.2) is 53.3 Å². The minimum atomic E-state index is -0.805. The molecule has 2 aliphatic heterocycles. The van der Waals surface area contributed by atoms with E-state index < -0.39 is 6.09 Å². The lowest BCUT2D eigenvalue weighted by Gasteiger charge is -2.39. The molecule has 2 N–H and O–H groups in total. The van der Waals surface area contributed by atoms with Crippen molar-refractivity contribution in [2.75, 3.05) is 13.1 Å². The van der Waals surface area contributed by atoms with Crippen LogP contribution in [-0.4, -0.2) is 51.2 Å². The lowest BCUT2D eigenvalue weighted by Crippen LogP contribution is -2.55. The van der Waals surface area contributed by atoms with Crippen LogP contribution in [0.2, 0.25) is 0 Å². The molecule has 2 aliphatic rings. The molecule has 2 aromatic carbocycles. The number of nitrogens with one attached hydrogen (secondary N) is 1. The Morgan fingerprint density at radius 1 is 1.10 bits per heavy atom. The summed E-state index contributed by atoms with van der Waals surface area (Å²) in [4.78, 5) is 30.8. The van der Waals surface area contributed by atoms with Crippen LogP contribution in [0.1, 0.15) is 24.0 Å². The molecule has 2 fully saturated rings. The van der Waals surface area contributed by atoms with Crippen molar-refractivity contribution in [3.63, 3.8) is 0 Å². The molecule has 5 rings (SSSR count). The van der Waals surface area contributed by atoms with E-state index in [-0.39, 0.29) is 17.6 Å². The summed E-state index contributed by atoms with van der Waals surface area (Å²) in [5.74, 6) is 0. The molecule has 2 unspecified atom stereocenters. The van der Waals surface area contributed by atoms with Gasteiger partial charge >= 0.3 is 6.09 Å². The van der Waals surface area contributed by atoms with Crippen LogP contribution in [0.25, 0.3) is 22.0 Å². The largest absolute Gasteiger partial charge is 0.465 e. The molecule has 3 heterocycles. The molecule has 7 nitrogen and oxygen atoms in total. The number of aromatic amines is 1. The van der Waals surface area contributed by atoms with E-state index in [2.05, 4.69) is 16.0 Å². The average Bonchev–Trinajstić information content (AvgIpc) is 3.05. The maximum absolute atomic E-state index is 12.5. The number of nitriles is 1. The van der Waals surface area contributed by atoms with Crippen molar-refractivity contribution in [1.29, 1.82) is 5.26 Å². The number of carboxylic acid groups (broad SMARTS) is 1. The summed E-state index contributed by atoms with van der Waals surface area (Å²) >= 11 is 0. The van der Waals surface area contributed by atoms with E-state index in [1.165, 1.54) is 0 Å². The Morgan fingerprint density at radius 2 is 1.81 bits per heavy atom. The van der Waals surface area contributed by atoms with Crippen LogP contribution < -0.4 is 5.56 Å². The molecule has 0 aliphatic carbocycles. The van der Waals surface area contributed by atoms with Crippen molar-refractivity contribution in [1.82, 2.24) is 14.8 Å². The topological polar surface area (TPSA) is 100 Å². The Hall–Kier alpha value is -3.63. The number of nitrogens with zero attached hydrogens (tertiary/aromatic N) is 3. The zero-order chi connectivity index (χ0) is 21.5. The summed E-state index contributed by atoms with van der Waals surface area (Å²) in [6, 6.07) is 17.4. The number of carbonyl (C=O) groups is 1. The van der Waals surface area contributed by atoms with E-state index >= 15 is 0 Å². The van der Waals surface area contributed by atoms with Crippen molar-refractivity contribution in [3.8, 4) is 17.3 Å². The molecule has 7 heteroatoms. The minimum Gasteiger partial charge on any atom is -0.465 e. The van der Waals surface area contributed by atoms with E-state index in [0.29, 0.717) is 22.0 Å². The van der Waals surface area contributed by atoms with Crippen LogP contribution >= 0.6 is 0 Å². The van der Waals surface area contributed by atoms with E-state index in [9.17, 15) is 20.0 Å². The SMILES string of the molecule is N#Cc1cccc2c(=O)[nH]c(-c3ccc(CN4CC5CCC(C4)N5C(=O)O)cc3)cc12. The first-order valence-electron chi connectivity index (χ1n) is 10.4. The number of hydrogen-bond acceptors (Lipinski definition) is 4. The van der Waals surface area contributed by atoms with Crippen molar-refractivity contribution in [3.05, 3.63) is 70.0 Å². The fraction of sp³-hybridized carbons (Fsp3) is 0.292. The average molecular weight is 414 g/mol. The molecular formula is C24H22N4O3. The van der Waals surface area contributed by atoms with Gasteiger partial charge in [-0.25, -0.2) is 4.79 Å². The third kappa shape index (κ3) is 3.45. The van der Waals surface area contributed by atoms with E-state index in [1.807, 2.05) is 30.3 Å². The van der Waals surface area contributed by atoms with Gasteiger partial charge in [-0.05, 0) is 42.2 Å². The summed E-state index contributed by atoms with van der Waals surface area (Å²) in [5, 5.41) is 19.9. The molecular weight excluding hydrogens is 392 g/mol. The highest BCUT2D eigenvalue weighted by Gasteiger charge is 2.42. The molecule has 0 saturated carbocycles. The predicted octanol–water partition coefficient (Wildman–Crippen LogP) is 3.39. The van der Waals surface area contributed by atoms with Gasteiger partial charge in [0.05, 0.1) is 11.6 Å². The van der Waals surface area contributed by atoms with Crippen LogP contribution in [0.5, 0.6) is 0 Å². The van der Waals surface area contributed by atoms with Crippen LogP contribution in [0, 0.1) is 11.3 Å². The number of fused-ring (bicyclic) bond motifs is 3. The number of pyridine rings is 1. The van der Waals surface area contributed by atoms with Gasteiger partial charge in [0.1, 0.15) is 0 Å². The zero-order valence-electron chi connectivity index (χ0n) is 16.9. The first-order valence-corrected chi connectivity index (χ1v) is 10.4. The number of piperazine rings is 1. The lowest BCUT2D eigenvalue weighted by molar-refractivity contribution is 0.0592. The maximum Gasteiger partial charge on any atom is 0.407 e. The Bertz CT molecular complexity index is 1240. The van der Waals surface area contributed by atoms with E-state index in [1.54, 1.807) is 23.1 Å². The van der Waals surface area contributed by atoms with E-state index in [0.717, 1.165) is 43.6 Å².